The van der Waals surface area contributed by atoms with Gasteiger partial charge in [0.25, 0.3) is 0 Å². The predicted octanol–water partition coefficient (Wildman–Crippen LogP) is 1.94. The van der Waals surface area contributed by atoms with E-state index in [2.05, 4.69) is 15.9 Å². The van der Waals surface area contributed by atoms with Gasteiger partial charge in [-0.25, -0.2) is 22.7 Å². The molecule has 5 nitrogen and oxygen atoms in total. The van der Waals surface area contributed by atoms with Crippen molar-refractivity contribution in [1.29, 1.82) is 0 Å². The molecule has 104 valence electrons. The van der Waals surface area contributed by atoms with Gasteiger partial charge in [0.1, 0.15) is 11.9 Å². The van der Waals surface area contributed by atoms with E-state index in [1.54, 1.807) is 0 Å². The van der Waals surface area contributed by atoms with Crippen LogP contribution in [0.2, 0.25) is 0 Å². The van der Waals surface area contributed by atoms with Gasteiger partial charge in [-0.2, -0.15) is 0 Å². The van der Waals surface area contributed by atoms with Crippen LogP contribution in [0, 0.1) is 5.82 Å². The summed E-state index contributed by atoms with van der Waals surface area (Å²) in [5, 5.41) is 4.96. The normalized spacial score (nSPS) is 15.9. The maximum atomic E-state index is 13.4. The van der Waals surface area contributed by atoms with Crippen molar-refractivity contribution in [3.05, 3.63) is 28.0 Å². The average Bonchev–Trinajstić information content (AvgIpc) is 2.24. The van der Waals surface area contributed by atoms with Gasteiger partial charge in [0.2, 0.25) is 10.0 Å². The van der Waals surface area contributed by atoms with Crippen molar-refractivity contribution in [2.24, 2.45) is 5.14 Å². The first-order valence-electron chi connectivity index (χ1n) is 5.52. The van der Waals surface area contributed by atoms with Crippen LogP contribution in [0.25, 0.3) is 0 Å². The van der Waals surface area contributed by atoms with Gasteiger partial charge < -0.3 is 4.74 Å². The van der Waals surface area contributed by atoms with Crippen molar-refractivity contribution in [2.45, 2.75) is 30.3 Å². The Balaban J connectivity index is 2.39. The number of hydrogen-bond acceptors (Lipinski definition) is 4. The fourth-order valence-electron chi connectivity index (χ4n) is 1.62. The van der Waals surface area contributed by atoms with Crippen LogP contribution in [-0.4, -0.2) is 20.5 Å². The molecule has 19 heavy (non-hydrogen) atoms. The van der Waals surface area contributed by atoms with Crippen LogP contribution in [0.5, 0.6) is 0 Å². The molecule has 1 fully saturated rings. The molecule has 1 aliphatic rings. The van der Waals surface area contributed by atoms with Crippen molar-refractivity contribution < 1.29 is 22.3 Å². The molecular formula is C11H11BrFNO4S. The molecule has 1 aromatic carbocycles. The van der Waals surface area contributed by atoms with Crippen LogP contribution >= 0.6 is 15.9 Å². The number of benzene rings is 1. The molecule has 1 aromatic rings. The molecule has 2 rings (SSSR count). The smallest absolute Gasteiger partial charge is 0.339 e. The number of hydrogen-bond donors (Lipinski definition) is 1. The van der Waals surface area contributed by atoms with E-state index in [1.807, 2.05) is 0 Å². The van der Waals surface area contributed by atoms with Crippen molar-refractivity contribution in [2.75, 3.05) is 0 Å². The summed E-state index contributed by atoms with van der Waals surface area (Å²) in [6, 6.07) is 1.67. The molecule has 0 atom stereocenters. The lowest BCUT2D eigenvalue weighted by atomic mass is 9.96. The van der Waals surface area contributed by atoms with E-state index in [9.17, 15) is 17.6 Å². The first kappa shape index (κ1) is 14.4. The lowest BCUT2D eigenvalue weighted by Gasteiger charge is -2.25. The second-order valence-corrected chi connectivity index (χ2v) is 6.59. The zero-order chi connectivity index (χ0) is 14.2. The van der Waals surface area contributed by atoms with Gasteiger partial charge in [-0.15, -0.1) is 0 Å². The zero-order valence-electron chi connectivity index (χ0n) is 9.73. The van der Waals surface area contributed by atoms with Crippen LogP contribution in [0.3, 0.4) is 0 Å². The first-order chi connectivity index (χ1) is 8.79. The number of carbonyl (C=O) groups excluding carboxylic acids is 1. The largest absolute Gasteiger partial charge is 0.459 e. The summed E-state index contributed by atoms with van der Waals surface area (Å²) in [4.78, 5) is 11.4. The molecule has 0 heterocycles. The highest BCUT2D eigenvalue weighted by Crippen LogP contribution is 2.29. The van der Waals surface area contributed by atoms with E-state index in [1.165, 1.54) is 0 Å². The molecule has 1 saturated carbocycles. The molecule has 0 radical (unpaired) electrons. The second kappa shape index (κ2) is 5.18. The molecule has 0 amide bonds. The highest BCUT2D eigenvalue weighted by molar-refractivity contribution is 9.10. The van der Waals surface area contributed by atoms with Crippen LogP contribution in [0.1, 0.15) is 29.6 Å². The summed E-state index contributed by atoms with van der Waals surface area (Å²) in [6.07, 6.45) is 2.33. The summed E-state index contributed by atoms with van der Waals surface area (Å²) in [5.74, 6) is -1.63. The van der Waals surface area contributed by atoms with E-state index in [0.29, 0.717) is 0 Å². The number of rotatable bonds is 3. The number of halogens is 2. The minimum atomic E-state index is -4.13. The highest BCUT2D eigenvalue weighted by atomic mass is 79.9. The molecule has 2 N–H and O–H groups in total. The summed E-state index contributed by atoms with van der Waals surface area (Å²) in [5.41, 5.74) is -0.184. The summed E-state index contributed by atoms with van der Waals surface area (Å²) in [6.45, 7) is 0. The van der Waals surface area contributed by atoms with Gasteiger partial charge in [0, 0.05) is 0 Å². The van der Waals surface area contributed by atoms with Crippen LogP contribution in [0.15, 0.2) is 21.5 Å². The fourth-order valence-corrected chi connectivity index (χ4v) is 3.33. The molecule has 8 heteroatoms. The third-order valence-corrected chi connectivity index (χ3v) is 4.91. The summed E-state index contributed by atoms with van der Waals surface area (Å²) < 4.78 is 41.0. The maximum absolute atomic E-state index is 13.4. The number of esters is 1. The van der Waals surface area contributed by atoms with Crippen LogP contribution < -0.4 is 5.14 Å². The summed E-state index contributed by atoms with van der Waals surface area (Å²) >= 11 is 2.96. The van der Waals surface area contributed by atoms with Crippen molar-refractivity contribution in [1.82, 2.24) is 0 Å². The van der Waals surface area contributed by atoms with E-state index in [4.69, 9.17) is 9.88 Å². The minimum absolute atomic E-state index is 0.0827. The van der Waals surface area contributed by atoms with Gasteiger partial charge in [-0.1, -0.05) is 0 Å². The minimum Gasteiger partial charge on any atom is -0.459 e. The molecule has 1 aliphatic carbocycles. The van der Waals surface area contributed by atoms with Crippen molar-refractivity contribution in [3.63, 3.8) is 0 Å². The topological polar surface area (TPSA) is 86.5 Å². The Morgan fingerprint density at radius 2 is 2.05 bits per heavy atom. The molecular weight excluding hydrogens is 341 g/mol. The van der Waals surface area contributed by atoms with Gasteiger partial charge in [0.15, 0.2) is 0 Å². The standard InChI is InChI=1S/C11H11BrFNO4S/c12-10-8(11(15)18-7-2-1-3-7)4-6(13)5-9(10)19(14,16)17/h4-5,7H,1-3H2,(H2,14,16,17). The number of primary sulfonamides is 1. The monoisotopic (exact) mass is 351 g/mol. The van der Waals surface area contributed by atoms with Crippen LogP contribution in [0.4, 0.5) is 4.39 Å². The Kier molecular flexibility index (Phi) is 3.93. The highest BCUT2D eigenvalue weighted by Gasteiger charge is 2.26. The van der Waals surface area contributed by atoms with E-state index in [-0.39, 0.29) is 16.1 Å². The Hall–Kier alpha value is -0.990. The second-order valence-electron chi connectivity index (χ2n) is 4.27. The van der Waals surface area contributed by atoms with E-state index in [0.717, 1.165) is 31.4 Å². The SMILES string of the molecule is NS(=O)(=O)c1cc(F)cc(C(=O)OC2CCC2)c1Br. The molecule has 0 unspecified atom stereocenters. The van der Waals surface area contributed by atoms with E-state index < -0.39 is 26.7 Å². The lowest BCUT2D eigenvalue weighted by Crippen LogP contribution is -2.25. The number of nitrogens with two attached hydrogens (primary N) is 1. The molecule has 0 bridgehead atoms. The number of ether oxygens (including phenoxy) is 1. The average molecular weight is 352 g/mol. The van der Waals surface area contributed by atoms with Crippen LogP contribution in [-0.2, 0) is 14.8 Å². The molecule has 0 saturated heterocycles. The van der Waals surface area contributed by atoms with Gasteiger partial charge >= 0.3 is 5.97 Å². The maximum Gasteiger partial charge on any atom is 0.339 e. The quantitative estimate of drug-likeness (QED) is 0.843. The Labute approximate surface area is 118 Å². The first-order valence-corrected chi connectivity index (χ1v) is 7.86. The van der Waals surface area contributed by atoms with Crippen molar-refractivity contribution in [3.8, 4) is 0 Å². The molecule has 0 aromatic heterocycles. The Morgan fingerprint density at radius 3 is 2.53 bits per heavy atom. The zero-order valence-corrected chi connectivity index (χ0v) is 12.1. The van der Waals surface area contributed by atoms with Gasteiger partial charge in [0.05, 0.1) is 14.9 Å². The summed E-state index contributed by atoms with van der Waals surface area (Å²) in [7, 11) is -4.13. The third kappa shape index (κ3) is 3.13. The predicted molar refractivity (Wildman–Crippen MR) is 68.5 cm³/mol. The lowest BCUT2D eigenvalue weighted by molar-refractivity contribution is 0.00882. The number of carbonyl (C=O) groups is 1. The third-order valence-electron chi connectivity index (χ3n) is 2.86. The van der Waals surface area contributed by atoms with E-state index >= 15 is 0 Å². The molecule has 0 aliphatic heterocycles. The van der Waals surface area contributed by atoms with Gasteiger partial charge in [-0.05, 0) is 47.3 Å². The fraction of sp³-hybridized carbons (Fsp3) is 0.364. The number of sulfonamides is 1. The Bertz CT molecular complexity index is 628. The molecule has 0 spiro atoms. The van der Waals surface area contributed by atoms with Gasteiger partial charge in [-0.3, -0.25) is 0 Å². The van der Waals surface area contributed by atoms with Crippen molar-refractivity contribution >= 4 is 31.9 Å². The Morgan fingerprint density at radius 1 is 1.42 bits per heavy atom.